The third-order valence-electron chi connectivity index (χ3n) is 5.12. The van der Waals surface area contributed by atoms with E-state index in [0.717, 1.165) is 45.4 Å². The first-order valence-corrected chi connectivity index (χ1v) is 8.45. The van der Waals surface area contributed by atoms with Crippen molar-refractivity contribution in [2.24, 2.45) is 0 Å². The summed E-state index contributed by atoms with van der Waals surface area (Å²) < 4.78 is 5.18. The highest BCUT2D eigenvalue weighted by Crippen LogP contribution is 2.39. The van der Waals surface area contributed by atoms with Gasteiger partial charge in [-0.2, -0.15) is 0 Å². The normalized spacial score (nSPS) is 24.7. The molecule has 0 radical (unpaired) electrons. The van der Waals surface area contributed by atoms with Gasteiger partial charge in [0, 0.05) is 43.9 Å². The van der Waals surface area contributed by atoms with E-state index < -0.39 is 0 Å². The number of hydrogen-bond donors (Lipinski definition) is 1. The van der Waals surface area contributed by atoms with Gasteiger partial charge in [-0.25, -0.2) is 0 Å². The first kappa shape index (κ1) is 16.6. The van der Waals surface area contributed by atoms with Gasteiger partial charge in [0.05, 0.1) is 12.2 Å². The van der Waals surface area contributed by atoms with Crippen LogP contribution in [-0.4, -0.2) is 66.2 Å². The fraction of sp³-hybridized carbons (Fsp3) is 0.588. The largest absolute Gasteiger partial charge is 0.507 e. The number of rotatable bonds is 4. The number of amides is 1. The van der Waals surface area contributed by atoms with E-state index in [-0.39, 0.29) is 17.2 Å². The highest BCUT2D eigenvalue weighted by Gasteiger charge is 2.47. The molecule has 1 aromatic rings. The monoisotopic (exact) mass is 338 g/mol. The average Bonchev–Trinajstić information content (AvgIpc) is 2.54. The maximum atomic E-state index is 12.8. The Morgan fingerprint density at radius 1 is 1.39 bits per heavy atom. The third-order valence-corrected chi connectivity index (χ3v) is 5.35. The Kier molecular flexibility index (Phi) is 4.80. The van der Waals surface area contributed by atoms with Crippen LogP contribution in [0.4, 0.5) is 0 Å². The number of ether oxygens (including phenoxy) is 1. The zero-order chi connectivity index (χ0) is 16.4. The summed E-state index contributed by atoms with van der Waals surface area (Å²) in [5.74, 6) is -0.163. The predicted molar refractivity (Wildman–Crippen MR) is 89.1 cm³/mol. The molecule has 0 aliphatic carbocycles. The van der Waals surface area contributed by atoms with Gasteiger partial charge in [0.25, 0.3) is 5.91 Å². The van der Waals surface area contributed by atoms with Crippen molar-refractivity contribution in [3.05, 3.63) is 28.8 Å². The Bertz CT molecular complexity index is 595. The molecule has 2 heterocycles. The molecule has 2 aliphatic rings. The summed E-state index contributed by atoms with van der Waals surface area (Å²) in [6, 6.07) is 4.66. The number of aromatic hydroxyl groups is 1. The highest BCUT2D eigenvalue weighted by molar-refractivity contribution is 6.30. The third kappa shape index (κ3) is 3.18. The van der Waals surface area contributed by atoms with E-state index in [1.165, 1.54) is 6.07 Å². The van der Waals surface area contributed by atoms with Crippen LogP contribution in [0.1, 0.15) is 29.6 Å². The molecular weight excluding hydrogens is 316 g/mol. The molecule has 1 unspecified atom stereocenters. The number of likely N-dealkylation sites (tertiary alicyclic amines) is 2. The first-order chi connectivity index (χ1) is 11.1. The fourth-order valence-corrected chi connectivity index (χ4v) is 3.91. The summed E-state index contributed by atoms with van der Waals surface area (Å²) >= 11 is 5.85. The number of piperidine rings is 1. The number of phenols is 1. The molecule has 23 heavy (non-hydrogen) atoms. The Hall–Kier alpha value is -1.30. The van der Waals surface area contributed by atoms with E-state index in [2.05, 4.69) is 4.90 Å². The Labute approximate surface area is 141 Å². The van der Waals surface area contributed by atoms with Crippen molar-refractivity contribution in [1.82, 2.24) is 9.80 Å². The number of carbonyl (C=O) groups is 1. The van der Waals surface area contributed by atoms with Crippen molar-refractivity contribution in [1.29, 1.82) is 0 Å². The van der Waals surface area contributed by atoms with E-state index in [1.54, 1.807) is 19.2 Å². The summed E-state index contributed by atoms with van der Waals surface area (Å²) in [4.78, 5) is 17.1. The van der Waals surface area contributed by atoms with Gasteiger partial charge in [0.15, 0.2) is 0 Å². The molecular formula is C17H23ClN2O3. The van der Waals surface area contributed by atoms with Gasteiger partial charge >= 0.3 is 0 Å². The van der Waals surface area contributed by atoms with E-state index >= 15 is 0 Å². The van der Waals surface area contributed by atoms with E-state index in [9.17, 15) is 9.90 Å². The summed E-state index contributed by atoms with van der Waals surface area (Å²) in [6.45, 7) is 4.15. The molecule has 3 rings (SSSR count). The van der Waals surface area contributed by atoms with Crippen LogP contribution in [0.2, 0.25) is 5.02 Å². The van der Waals surface area contributed by atoms with Gasteiger partial charge in [-0.05, 0) is 37.5 Å². The SMILES string of the molecule is COCCN1CCC12CCCN(C(=O)c1ccc(Cl)cc1O)C2. The summed E-state index contributed by atoms with van der Waals surface area (Å²) in [6.07, 6.45) is 3.23. The van der Waals surface area contributed by atoms with Crippen LogP contribution in [0.5, 0.6) is 5.75 Å². The molecule has 1 N–H and O–H groups in total. The van der Waals surface area contributed by atoms with Crippen LogP contribution in [0.25, 0.3) is 0 Å². The van der Waals surface area contributed by atoms with Crippen molar-refractivity contribution < 1.29 is 14.6 Å². The zero-order valence-corrected chi connectivity index (χ0v) is 14.2. The van der Waals surface area contributed by atoms with Crippen LogP contribution in [0.3, 0.4) is 0 Å². The second kappa shape index (κ2) is 6.67. The lowest BCUT2D eigenvalue weighted by molar-refractivity contribution is -0.0679. The number of halogens is 1. The molecule has 126 valence electrons. The number of methoxy groups -OCH3 is 1. The Morgan fingerprint density at radius 3 is 2.87 bits per heavy atom. The number of hydrogen-bond acceptors (Lipinski definition) is 4. The van der Waals surface area contributed by atoms with Crippen molar-refractivity contribution in [2.45, 2.75) is 24.8 Å². The maximum absolute atomic E-state index is 12.8. The second-order valence-corrected chi connectivity index (χ2v) is 6.88. The lowest BCUT2D eigenvalue weighted by Crippen LogP contribution is -2.67. The van der Waals surface area contributed by atoms with Gasteiger partial charge in [0.1, 0.15) is 5.75 Å². The molecule has 2 aliphatic heterocycles. The smallest absolute Gasteiger partial charge is 0.257 e. The molecule has 0 bridgehead atoms. The number of nitrogens with zero attached hydrogens (tertiary/aromatic N) is 2. The van der Waals surface area contributed by atoms with Gasteiger partial charge < -0.3 is 14.7 Å². The maximum Gasteiger partial charge on any atom is 0.257 e. The Morgan fingerprint density at radius 2 is 2.22 bits per heavy atom. The zero-order valence-electron chi connectivity index (χ0n) is 13.4. The molecule has 2 saturated heterocycles. The number of carbonyl (C=O) groups excluding carboxylic acids is 1. The van der Waals surface area contributed by atoms with Crippen LogP contribution in [0, 0.1) is 0 Å². The fourth-order valence-electron chi connectivity index (χ4n) is 3.74. The molecule has 0 aromatic heterocycles. The van der Waals surface area contributed by atoms with Crippen molar-refractivity contribution in [3.63, 3.8) is 0 Å². The second-order valence-electron chi connectivity index (χ2n) is 6.45. The van der Waals surface area contributed by atoms with E-state index in [4.69, 9.17) is 16.3 Å². The molecule has 0 saturated carbocycles. The molecule has 1 spiro atoms. The minimum atomic E-state index is -0.114. The molecule has 2 fully saturated rings. The standard InChI is InChI=1S/C17H23ClN2O3/c1-23-10-9-20-8-6-17(20)5-2-7-19(12-17)16(22)14-4-3-13(18)11-15(14)21/h3-4,11,21H,2,5-10,12H2,1H3. The van der Waals surface area contributed by atoms with Gasteiger partial charge in [-0.1, -0.05) is 11.6 Å². The van der Waals surface area contributed by atoms with Crippen molar-refractivity contribution in [3.8, 4) is 5.75 Å². The predicted octanol–water partition coefficient (Wildman–Crippen LogP) is 2.37. The van der Waals surface area contributed by atoms with Crippen LogP contribution < -0.4 is 0 Å². The van der Waals surface area contributed by atoms with Gasteiger partial charge in [0.2, 0.25) is 0 Å². The van der Waals surface area contributed by atoms with E-state index in [0.29, 0.717) is 17.2 Å². The quantitative estimate of drug-likeness (QED) is 0.915. The summed E-state index contributed by atoms with van der Waals surface area (Å²) in [7, 11) is 1.71. The Balaban J connectivity index is 1.72. The lowest BCUT2D eigenvalue weighted by Gasteiger charge is -2.57. The van der Waals surface area contributed by atoms with E-state index in [1.807, 2.05) is 4.90 Å². The van der Waals surface area contributed by atoms with Crippen molar-refractivity contribution in [2.75, 3.05) is 39.9 Å². The van der Waals surface area contributed by atoms with Gasteiger partial charge in [-0.15, -0.1) is 0 Å². The molecule has 6 heteroatoms. The number of phenolic OH excluding ortho intramolecular Hbond substituents is 1. The highest BCUT2D eigenvalue weighted by atomic mass is 35.5. The summed E-state index contributed by atoms with van der Waals surface area (Å²) in [5.41, 5.74) is 0.420. The van der Waals surface area contributed by atoms with Crippen LogP contribution in [-0.2, 0) is 4.74 Å². The minimum Gasteiger partial charge on any atom is -0.507 e. The molecule has 1 atom stereocenters. The average molecular weight is 339 g/mol. The number of benzene rings is 1. The topological polar surface area (TPSA) is 53.0 Å². The van der Waals surface area contributed by atoms with Gasteiger partial charge in [-0.3, -0.25) is 9.69 Å². The lowest BCUT2D eigenvalue weighted by atomic mass is 9.77. The first-order valence-electron chi connectivity index (χ1n) is 8.07. The molecule has 5 nitrogen and oxygen atoms in total. The van der Waals surface area contributed by atoms with Crippen LogP contribution in [0.15, 0.2) is 18.2 Å². The van der Waals surface area contributed by atoms with Crippen LogP contribution >= 0.6 is 11.6 Å². The summed E-state index contributed by atoms with van der Waals surface area (Å²) in [5, 5.41) is 10.4. The molecule has 1 aromatic carbocycles. The molecule has 1 amide bonds. The minimum absolute atomic E-state index is 0.0491. The van der Waals surface area contributed by atoms with Crippen molar-refractivity contribution >= 4 is 17.5 Å².